The van der Waals surface area contributed by atoms with Crippen LogP contribution in [0.15, 0.2) is 6.20 Å². The number of aromatic nitrogens is 3. The number of rotatable bonds is 7. The SMILES string of the molecule is COC(=O)CCSCCn1cc(C(=O)NN)nn1. The van der Waals surface area contributed by atoms with Gasteiger partial charge in [0.15, 0.2) is 5.69 Å². The fourth-order valence-corrected chi connectivity index (χ4v) is 1.93. The summed E-state index contributed by atoms with van der Waals surface area (Å²) in [4.78, 5) is 21.9. The zero-order valence-electron chi connectivity index (χ0n) is 9.96. The summed E-state index contributed by atoms with van der Waals surface area (Å²) >= 11 is 1.60. The molecule has 0 fully saturated rings. The van der Waals surface area contributed by atoms with Crippen molar-refractivity contribution in [1.82, 2.24) is 20.4 Å². The minimum Gasteiger partial charge on any atom is -0.469 e. The fourth-order valence-electron chi connectivity index (χ4n) is 1.10. The molecule has 1 aromatic rings. The first-order valence-corrected chi connectivity index (χ1v) is 6.38. The molecular weight excluding hydrogens is 258 g/mol. The van der Waals surface area contributed by atoms with Gasteiger partial charge in [-0.15, -0.1) is 5.10 Å². The van der Waals surface area contributed by atoms with Gasteiger partial charge in [0.2, 0.25) is 0 Å². The first-order chi connectivity index (χ1) is 8.67. The summed E-state index contributed by atoms with van der Waals surface area (Å²) in [5.74, 6) is 5.74. The van der Waals surface area contributed by atoms with Crippen molar-refractivity contribution in [2.45, 2.75) is 13.0 Å². The largest absolute Gasteiger partial charge is 0.469 e. The Morgan fingerprint density at radius 2 is 2.33 bits per heavy atom. The minimum atomic E-state index is -0.473. The van der Waals surface area contributed by atoms with Gasteiger partial charge in [0.25, 0.3) is 5.91 Å². The van der Waals surface area contributed by atoms with Crippen LogP contribution in [0.4, 0.5) is 0 Å². The number of methoxy groups -OCH3 is 1. The summed E-state index contributed by atoms with van der Waals surface area (Å²) in [6.45, 7) is 0.608. The predicted molar refractivity (Wildman–Crippen MR) is 65.6 cm³/mol. The molecule has 0 aliphatic rings. The molecule has 9 heteroatoms. The zero-order chi connectivity index (χ0) is 13.4. The van der Waals surface area contributed by atoms with Crippen LogP contribution >= 0.6 is 11.8 Å². The molecule has 0 saturated carbocycles. The second-order valence-electron chi connectivity index (χ2n) is 3.28. The number of ether oxygens (including phenoxy) is 1. The van der Waals surface area contributed by atoms with Crippen LogP contribution in [0.25, 0.3) is 0 Å². The Morgan fingerprint density at radius 3 is 3.00 bits per heavy atom. The van der Waals surface area contributed by atoms with Gasteiger partial charge in [0.05, 0.1) is 26.3 Å². The minimum absolute atomic E-state index is 0.178. The Kier molecular flexibility index (Phi) is 6.15. The van der Waals surface area contributed by atoms with Crippen molar-refractivity contribution in [3.63, 3.8) is 0 Å². The van der Waals surface area contributed by atoms with Crippen LogP contribution in [0.2, 0.25) is 0 Å². The molecular formula is C9H15N5O3S. The summed E-state index contributed by atoms with van der Waals surface area (Å²) in [5, 5.41) is 7.44. The first kappa shape index (κ1) is 14.5. The highest BCUT2D eigenvalue weighted by atomic mass is 32.2. The van der Waals surface area contributed by atoms with Gasteiger partial charge >= 0.3 is 5.97 Å². The van der Waals surface area contributed by atoms with Crippen LogP contribution < -0.4 is 11.3 Å². The van der Waals surface area contributed by atoms with Crippen molar-refractivity contribution in [2.75, 3.05) is 18.6 Å². The van der Waals surface area contributed by atoms with Crippen LogP contribution in [-0.2, 0) is 16.1 Å². The number of nitrogen functional groups attached to an aromatic ring is 1. The highest BCUT2D eigenvalue weighted by Gasteiger charge is 2.08. The number of amides is 1. The highest BCUT2D eigenvalue weighted by Crippen LogP contribution is 2.04. The van der Waals surface area contributed by atoms with Crippen LogP contribution in [0.3, 0.4) is 0 Å². The van der Waals surface area contributed by atoms with Crippen LogP contribution in [-0.4, -0.2) is 45.5 Å². The molecule has 0 bridgehead atoms. The number of nitrogens with two attached hydrogens (primary N) is 1. The molecule has 1 rings (SSSR count). The maximum Gasteiger partial charge on any atom is 0.306 e. The maximum absolute atomic E-state index is 11.1. The molecule has 0 aliphatic carbocycles. The van der Waals surface area contributed by atoms with E-state index in [-0.39, 0.29) is 11.7 Å². The second-order valence-corrected chi connectivity index (χ2v) is 4.50. The van der Waals surface area contributed by atoms with Gasteiger partial charge < -0.3 is 4.74 Å². The van der Waals surface area contributed by atoms with Crippen LogP contribution in [0.1, 0.15) is 16.9 Å². The monoisotopic (exact) mass is 273 g/mol. The number of nitrogens with one attached hydrogen (secondary N) is 1. The van der Waals surface area contributed by atoms with Gasteiger partial charge in [-0.2, -0.15) is 11.8 Å². The van der Waals surface area contributed by atoms with E-state index in [0.717, 1.165) is 5.75 Å². The Labute approximate surface area is 108 Å². The van der Waals surface area contributed by atoms with E-state index in [1.54, 1.807) is 16.4 Å². The van der Waals surface area contributed by atoms with Crippen LogP contribution in [0, 0.1) is 0 Å². The van der Waals surface area contributed by atoms with E-state index in [9.17, 15) is 9.59 Å². The number of carbonyl (C=O) groups excluding carboxylic acids is 2. The van der Waals surface area contributed by atoms with E-state index in [1.807, 2.05) is 5.43 Å². The molecule has 8 nitrogen and oxygen atoms in total. The molecule has 1 heterocycles. The van der Waals surface area contributed by atoms with Crippen molar-refractivity contribution in [3.05, 3.63) is 11.9 Å². The van der Waals surface area contributed by atoms with E-state index < -0.39 is 5.91 Å². The number of nitrogens with zero attached hydrogens (tertiary/aromatic N) is 3. The second kappa shape index (κ2) is 7.67. The lowest BCUT2D eigenvalue weighted by atomic mass is 10.5. The Hall–Kier alpha value is -1.61. The number of hydrogen-bond donors (Lipinski definition) is 2. The summed E-state index contributed by atoms with van der Waals surface area (Å²) in [7, 11) is 1.37. The lowest BCUT2D eigenvalue weighted by molar-refractivity contribution is -0.140. The lowest BCUT2D eigenvalue weighted by Gasteiger charge is -2.00. The van der Waals surface area contributed by atoms with Crippen molar-refractivity contribution in [2.24, 2.45) is 5.84 Å². The Bertz CT molecular complexity index is 409. The summed E-state index contributed by atoms with van der Waals surface area (Å²) < 4.78 is 6.07. The van der Waals surface area contributed by atoms with E-state index in [4.69, 9.17) is 5.84 Å². The molecule has 0 spiro atoms. The van der Waals surface area contributed by atoms with Gasteiger partial charge in [0, 0.05) is 11.5 Å². The molecule has 18 heavy (non-hydrogen) atoms. The number of thioether (sulfide) groups is 1. The molecule has 0 radical (unpaired) electrons. The van der Waals surface area contributed by atoms with Gasteiger partial charge in [-0.1, -0.05) is 5.21 Å². The standard InChI is InChI=1S/C9H15N5O3S/c1-17-8(15)2-4-18-5-3-14-6-7(12-13-14)9(16)11-10/h6H,2-5,10H2,1H3,(H,11,16). The van der Waals surface area contributed by atoms with E-state index in [1.165, 1.54) is 13.3 Å². The van der Waals surface area contributed by atoms with Gasteiger partial charge in [-0.3, -0.25) is 19.7 Å². The smallest absolute Gasteiger partial charge is 0.306 e. The normalized spacial score (nSPS) is 10.1. The Balaban J connectivity index is 2.21. The quantitative estimate of drug-likeness (QED) is 0.219. The summed E-state index contributed by atoms with van der Waals surface area (Å²) in [6.07, 6.45) is 1.91. The van der Waals surface area contributed by atoms with Crippen molar-refractivity contribution in [3.8, 4) is 0 Å². The molecule has 0 atom stereocenters. The lowest BCUT2D eigenvalue weighted by Crippen LogP contribution is -2.30. The molecule has 0 aromatic carbocycles. The van der Waals surface area contributed by atoms with Gasteiger partial charge in [0.1, 0.15) is 0 Å². The van der Waals surface area contributed by atoms with Gasteiger partial charge in [-0.25, -0.2) is 5.84 Å². The number of esters is 1. The first-order valence-electron chi connectivity index (χ1n) is 5.23. The van der Waals surface area contributed by atoms with E-state index in [2.05, 4.69) is 15.0 Å². The van der Waals surface area contributed by atoms with Crippen molar-refractivity contribution < 1.29 is 14.3 Å². The number of aryl methyl sites for hydroxylation is 1. The molecule has 1 amide bonds. The molecule has 0 unspecified atom stereocenters. The molecule has 3 N–H and O–H groups in total. The highest BCUT2D eigenvalue weighted by molar-refractivity contribution is 7.99. The third-order valence-corrected chi connectivity index (χ3v) is 3.01. The Morgan fingerprint density at radius 1 is 1.56 bits per heavy atom. The average molecular weight is 273 g/mol. The van der Waals surface area contributed by atoms with Gasteiger partial charge in [-0.05, 0) is 0 Å². The molecule has 100 valence electrons. The number of carbonyl (C=O) groups is 2. The van der Waals surface area contributed by atoms with E-state index in [0.29, 0.717) is 18.7 Å². The topological polar surface area (TPSA) is 112 Å². The van der Waals surface area contributed by atoms with E-state index >= 15 is 0 Å². The number of hydrazine groups is 1. The average Bonchev–Trinajstić information content (AvgIpc) is 2.85. The summed E-state index contributed by atoms with van der Waals surface area (Å²) in [6, 6.07) is 0. The number of hydrogen-bond acceptors (Lipinski definition) is 7. The fraction of sp³-hybridized carbons (Fsp3) is 0.556. The van der Waals surface area contributed by atoms with Crippen LogP contribution in [0.5, 0.6) is 0 Å². The maximum atomic E-state index is 11.1. The summed E-state index contributed by atoms with van der Waals surface area (Å²) in [5.41, 5.74) is 2.16. The third-order valence-electron chi connectivity index (χ3n) is 2.05. The third kappa shape index (κ3) is 4.72. The molecule has 0 saturated heterocycles. The van der Waals surface area contributed by atoms with Crippen molar-refractivity contribution >= 4 is 23.6 Å². The predicted octanol–water partition coefficient (Wildman–Crippen LogP) is -0.822. The zero-order valence-corrected chi connectivity index (χ0v) is 10.8. The molecule has 0 aliphatic heterocycles. The molecule has 1 aromatic heterocycles. The van der Waals surface area contributed by atoms with Crippen molar-refractivity contribution in [1.29, 1.82) is 0 Å².